The molecule has 1 aromatic carbocycles. The summed E-state index contributed by atoms with van der Waals surface area (Å²) in [5, 5.41) is 12.1. The van der Waals surface area contributed by atoms with E-state index in [2.05, 4.69) is 5.32 Å². The van der Waals surface area contributed by atoms with Crippen molar-refractivity contribution in [1.29, 1.82) is 0 Å². The maximum absolute atomic E-state index is 11.7. The number of benzene rings is 1. The van der Waals surface area contributed by atoms with Gasteiger partial charge in [0.25, 0.3) is 0 Å². The number of hydrogen-bond acceptors (Lipinski definition) is 4. The molecule has 1 atom stereocenters. The largest absolute Gasteiger partial charge is 0.508 e. The summed E-state index contributed by atoms with van der Waals surface area (Å²) in [5.74, 6) is 1.22. The molecule has 0 spiro atoms. The number of halogens is 1. The van der Waals surface area contributed by atoms with Crippen molar-refractivity contribution in [3.63, 3.8) is 0 Å². The Morgan fingerprint density at radius 2 is 2.05 bits per heavy atom. The average molecular weight is 303 g/mol. The highest BCUT2D eigenvalue weighted by Gasteiger charge is 2.31. The van der Waals surface area contributed by atoms with Crippen LogP contribution in [0.2, 0.25) is 0 Å². The van der Waals surface area contributed by atoms with Crippen LogP contribution in [-0.2, 0) is 4.79 Å². The first kappa shape index (κ1) is 16.1. The van der Waals surface area contributed by atoms with Gasteiger partial charge in [0.05, 0.1) is 5.75 Å². The molecule has 6 heteroatoms. The Hall–Kier alpha value is -0.910. The Balaban J connectivity index is 0.00000180. The van der Waals surface area contributed by atoms with Crippen LogP contribution in [0.25, 0.3) is 0 Å². The van der Waals surface area contributed by atoms with Crippen LogP contribution in [-0.4, -0.2) is 29.4 Å². The van der Waals surface area contributed by atoms with Gasteiger partial charge >= 0.3 is 0 Å². The molecule has 0 aliphatic heterocycles. The minimum atomic E-state index is 0. The molecule has 0 bridgehead atoms. The number of nitrogens with one attached hydrogen (secondary N) is 1. The Morgan fingerprint density at radius 3 is 2.58 bits per heavy atom. The lowest BCUT2D eigenvalue weighted by molar-refractivity contribution is -0.119. The number of carbonyl (C=O) groups excluding carboxylic acids is 1. The summed E-state index contributed by atoms with van der Waals surface area (Å²) < 4.78 is 0. The van der Waals surface area contributed by atoms with Gasteiger partial charge in [-0.25, -0.2) is 0 Å². The highest BCUT2D eigenvalue weighted by molar-refractivity contribution is 8.00. The van der Waals surface area contributed by atoms with Crippen LogP contribution in [0.3, 0.4) is 0 Å². The van der Waals surface area contributed by atoms with Crippen LogP contribution >= 0.6 is 24.2 Å². The second kappa shape index (κ2) is 7.62. The minimum absolute atomic E-state index is 0. The fourth-order valence-corrected chi connectivity index (χ4v) is 2.52. The van der Waals surface area contributed by atoms with E-state index in [1.54, 1.807) is 24.3 Å². The van der Waals surface area contributed by atoms with E-state index in [9.17, 15) is 4.79 Å². The van der Waals surface area contributed by atoms with E-state index in [0.717, 1.165) is 4.90 Å². The second-order valence-corrected chi connectivity index (χ2v) is 5.58. The Labute approximate surface area is 123 Å². The van der Waals surface area contributed by atoms with E-state index in [-0.39, 0.29) is 30.1 Å². The molecule has 1 unspecified atom stereocenters. The number of nitrogens with two attached hydrogens (primary N) is 1. The third kappa shape index (κ3) is 5.30. The van der Waals surface area contributed by atoms with Crippen LogP contribution in [0.15, 0.2) is 29.2 Å². The molecule has 1 fully saturated rings. The summed E-state index contributed by atoms with van der Waals surface area (Å²) in [6.45, 7) is 0.514. The van der Waals surface area contributed by atoms with Crippen LogP contribution in [0, 0.1) is 5.92 Å². The van der Waals surface area contributed by atoms with E-state index in [0.29, 0.717) is 18.2 Å². The van der Waals surface area contributed by atoms with Crippen molar-refractivity contribution in [2.24, 2.45) is 11.7 Å². The predicted molar refractivity (Wildman–Crippen MR) is 79.8 cm³/mol. The molecule has 0 aromatic heterocycles. The van der Waals surface area contributed by atoms with Crippen molar-refractivity contribution in [2.75, 3.05) is 12.3 Å². The van der Waals surface area contributed by atoms with Crippen molar-refractivity contribution in [1.82, 2.24) is 5.32 Å². The zero-order valence-corrected chi connectivity index (χ0v) is 12.2. The highest BCUT2D eigenvalue weighted by atomic mass is 35.5. The molecule has 19 heavy (non-hydrogen) atoms. The smallest absolute Gasteiger partial charge is 0.230 e. The first-order valence-corrected chi connectivity index (χ1v) is 7.09. The van der Waals surface area contributed by atoms with Gasteiger partial charge in [-0.15, -0.1) is 24.2 Å². The van der Waals surface area contributed by atoms with E-state index in [1.807, 2.05) is 0 Å². The van der Waals surface area contributed by atoms with Gasteiger partial charge in [-0.05, 0) is 43.0 Å². The summed E-state index contributed by atoms with van der Waals surface area (Å²) in [4.78, 5) is 12.7. The third-order valence-corrected chi connectivity index (χ3v) is 4.01. The lowest BCUT2D eigenvalue weighted by atomic mass is 10.2. The lowest BCUT2D eigenvalue weighted by Gasteiger charge is -2.15. The summed E-state index contributed by atoms with van der Waals surface area (Å²) >= 11 is 1.46. The number of phenolic OH excluding ortho intramolecular Hbond substituents is 1. The minimum Gasteiger partial charge on any atom is -0.508 e. The summed E-state index contributed by atoms with van der Waals surface area (Å²) in [7, 11) is 0. The number of phenols is 1. The van der Waals surface area contributed by atoms with E-state index in [1.165, 1.54) is 24.6 Å². The van der Waals surface area contributed by atoms with E-state index < -0.39 is 0 Å². The third-order valence-electron chi connectivity index (χ3n) is 3.00. The number of rotatable bonds is 6. The molecule has 2 rings (SSSR count). The lowest BCUT2D eigenvalue weighted by Crippen LogP contribution is -2.42. The molecule has 1 amide bonds. The molecule has 0 saturated heterocycles. The van der Waals surface area contributed by atoms with Crippen LogP contribution in [0.5, 0.6) is 5.75 Å². The predicted octanol–water partition coefficient (Wildman–Crippen LogP) is 1.76. The standard InChI is InChI=1S/C13H18N2O2S.ClH/c14-7-12(9-1-2-9)15-13(17)8-18-11-5-3-10(16)4-6-11;/h3-6,9,12,16H,1-2,7-8,14H2,(H,15,17);1H. The Morgan fingerprint density at radius 1 is 1.42 bits per heavy atom. The van der Waals surface area contributed by atoms with Gasteiger partial charge in [-0.1, -0.05) is 0 Å². The van der Waals surface area contributed by atoms with Crippen molar-refractivity contribution < 1.29 is 9.90 Å². The van der Waals surface area contributed by atoms with Gasteiger partial charge in [0.15, 0.2) is 0 Å². The van der Waals surface area contributed by atoms with Crippen molar-refractivity contribution in [3.8, 4) is 5.75 Å². The van der Waals surface area contributed by atoms with Crippen LogP contribution in [0.1, 0.15) is 12.8 Å². The maximum atomic E-state index is 11.7. The van der Waals surface area contributed by atoms with Gasteiger partial charge < -0.3 is 16.2 Å². The fourth-order valence-electron chi connectivity index (χ4n) is 1.81. The highest BCUT2D eigenvalue weighted by Crippen LogP contribution is 2.32. The van der Waals surface area contributed by atoms with Crippen molar-refractivity contribution in [2.45, 2.75) is 23.8 Å². The summed E-state index contributed by atoms with van der Waals surface area (Å²) in [6, 6.07) is 6.97. The molecule has 1 aromatic rings. The van der Waals surface area contributed by atoms with Gasteiger partial charge in [0.1, 0.15) is 5.75 Å². The second-order valence-electron chi connectivity index (χ2n) is 4.53. The fraction of sp³-hybridized carbons (Fsp3) is 0.462. The topological polar surface area (TPSA) is 75.3 Å². The molecule has 1 saturated carbocycles. The zero-order chi connectivity index (χ0) is 13.0. The molecule has 1 aliphatic rings. The van der Waals surface area contributed by atoms with Gasteiger partial charge in [0.2, 0.25) is 5.91 Å². The first-order chi connectivity index (χ1) is 8.69. The number of thioether (sulfide) groups is 1. The van der Waals surface area contributed by atoms with Crippen LogP contribution < -0.4 is 11.1 Å². The molecule has 0 radical (unpaired) electrons. The molecule has 1 aliphatic carbocycles. The number of carbonyl (C=O) groups is 1. The van der Waals surface area contributed by atoms with Gasteiger partial charge in [-0.3, -0.25) is 4.79 Å². The Kier molecular flexibility index (Phi) is 6.48. The first-order valence-electron chi connectivity index (χ1n) is 6.10. The van der Waals surface area contributed by atoms with Crippen molar-refractivity contribution in [3.05, 3.63) is 24.3 Å². The van der Waals surface area contributed by atoms with E-state index >= 15 is 0 Å². The van der Waals surface area contributed by atoms with Gasteiger partial charge in [-0.2, -0.15) is 0 Å². The zero-order valence-electron chi connectivity index (χ0n) is 10.5. The van der Waals surface area contributed by atoms with Gasteiger partial charge in [0, 0.05) is 17.5 Å². The Bertz CT molecular complexity index is 410. The number of aromatic hydroxyl groups is 1. The summed E-state index contributed by atoms with van der Waals surface area (Å²) in [5.41, 5.74) is 5.64. The molecule has 106 valence electrons. The summed E-state index contributed by atoms with van der Waals surface area (Å²) in [6.07, 6.45) is 2.35. The number of amides is 1. The molecule has 4 nitrogen and oxygen atoms in total. The quantitative estimate of drug-likeness (QED) is 0.700. The van der Waals surface area contributed by atoms with Crippen molar-refractivity contribution >= 4 is 30.1 Å². The maximum Gasteiger partial charge on any atom is 0.230 e. The monoisotopic (exact) mass is 302 g/mol. The SMILES string of the molecule is Cl.NCC(NC(=O)CSc1ccc(O)cc1)C1CC1. The number of hydrogen-bond donors (Lipinski definition) is 3. The molecule has 4 N–H and O–H groups in total. The average Bonchev–Trinajstić information content (AvgIpc) is 3.19. The van der Waals surface area contributed by atoms with E-state index in [4.69, 9.17) is 10.8 Å². The normalized spacial score (nSPS) is 15.4. The molecular formula is C13H19ClN2O2S. The molecule has 0 heterocycles. The van der Waals surface area contributed by atoms with Crippen LogP contribution in [0.4, 0.5) is 0 Å². The molecular weight excluding hydrogens is 284 g/mol.